The second kappa shape index (κ2) is 7.07. The molecule has 0 aliphatic carbocycles. The van der Waals surface area contributed by atoms with Crippen molar-refractivity contribution in [1.29, 1.82) is 0 Å². The molecule has 1 rings (SSSR count). The molecule has 21 heavy (non-hydrogen) atoms. The van der Waals surface area contributed by atoms with E-state index < -0.39 is 20.0 Å². The highest BCUT2D eigenvalue weighted by atomic mass is 32.2. The summed E-state index contributed by atoms with van der Waals surface area (Å²) < 4.78 is 50.7. The molecule has 0 aromatic heterocycles. The maximum Gasteiger partial charge on any atom is 0.240 e. The molecule has 0 atom stereocenters. The minimum Gasteiger partial charge on any atom is -0.397 e. The monoisotopic (exact) mass is 336 g/mol. The number of sulfonamides is 2. The number of anilines is 2. The zero-order valence-electron chi connectivity index (χ0n) is 11.9. The minimum atomic E-state index is -3.55. The van der Waals surface area contributed by atoms with Gasteiger partial charge in [-0.3, -0.25) is 0 Å². The fourth-order valence-electron chi connectivity index (χ4n) is 1.60. The molecule has 0 bridgehead atoms. The largest absolute Gasteiger partial charge is 0.397 e. The third kappa shape index (κ3) is 5.16. The Kier molecular flexibility index (Phi) is 5.96. The van der Waals surface area contributed by atoms with E-state index in [4.69, 9.17) is 5.73 Å². The van der Waals surface area contributed by atoms with Crippen LogP contribution in [0.4, 0.5) is 11.4 Å². The molecule has 8 nitrogen and oxygen atoms in total. The van der Waals surface area contributed by atoms with Crippen molar-refractivity contribution < 1.29 is 16.8 Å². The van der Waals surface area contributed by atoms with Gasteiger partial charge in [0.2, 0.25) is 20.0 Å². The zero-order valence-corrected chi connectivity index (χ0v) is 13.5. The maximum atomic E-state index is 11.6. The van der Waals surface area contributed by atoms with E-state index in [1.54, 1.807) is 6.92 Å². The van der Waals surface area contributed by atoms with Gasteiger partial charge in [-0.1, -0.05) is 6.92 Å². The van der Waals surface area contributed by atoms with Crippen molar-refractivity contribution in [2.75, 3.05) is 36.9 Å². The van der Waals surface area contributed by atoms with E-state index in [9.17, 15) is 16.8 Å². The van der Waals surface area contributed by atoms with Gasteiger partial charge in [-0.15, -0.1) is 0 Å². The summed E-state index contributed by atoms with van der Waals surface area (Å²) in [5, 5.41) is 2.86. The molecule has 5 N–H and O–H groups in total. The lowest BCUT2D eigenvalue weighted by Crippen LogP contribution is -2.29. The van der Waals surface area contributed by atoms with Gasteiger partial charge in [0, 0.05) is 13.1 Å². The van der Waals surface area contributed by atoms with E-state index >= 15 is 0 Å². The van der Waals surface area contributed by atoms with Crippen molar-refractivity contribution in [2.45, 2.75) is 11.8 Å². The number of hydrogen-bond acceptors (Lipinski definition) is 6. The Bertz CT molecular complexity index is 686. The predicted octanol–water partition coefficient (Wildman–Crippen LogP) is -0.472. The fraction of sp³-hybridized carbons (Fsp3) is 0.455. The highest BCUT2D eigenvalue weighted by Gasteiger charge is 2.13. The topological polar surface area (TPSA) is 130 Å². The standard InChI is InChI=1S/C11H20N4O4S2/c1-3-15-20(16,17)7-6-14-11-5-4-9(8-10(11)12)21(18,19)13-2/h4-5,8,13-15H,3,6-7,12H2,1-2H3. The number of nitrogens with two attached hydrogens (primary N) is 1. The third-order valence-corrected chi connectivity index (χ3v) is 5.53. The first-order valence-electron chi connectivity index (χ1n) is 6.26. The van der Waals surface area contributed by atoms with E-state index in [2.05, 4.69) is 14.8 Å². The van der Waals surface area contributed by atoms with E-state index in [0.29, 0.717) is 12.2 Å². The quantitative estimate of drug-likeness (QED) is 0.475. The minimum absolute atomic E-state index is 0.0494. The van der Waals surface area contributed by atoms with Crippen LogP contribution >= 0.6 is 0 Å². The molecule has 0 fully saturated rings. The normalized spacial score (nSPS) is 12.3. The van der Waals surface area contributed by atoms with Gasteiger partial charge in [0.25, 0.3) is 0 Å². The average molecular weight is 336 g/mol. The fourth-order valence-corrected chi connectivity index (χ4v) is 3.32. The summed E-state index contributed by atoms with van der Waals surface area (Å²) in [4.78, 5) is 0.0494. The van der Waals surface area contributed by atoms with Crippen molar-refractivity contribution in [3.8, 4) is 0 Å². The summed E-state index contributed by atoms with van der Waals surface area (Å²) in [7, 11) is -5.55. The zero-order chi connectivity index (χ0) is 16.1. The summed E-state index contributed by atoms with van der Waals surface area (Å²) in [5.41, 5.74) is 6.47. The second-order valence-corrected chi connectivity index (χ2v) is 8.01. The molecule has 0 spiro atoms. The molecule has 120 valence electrons. The Morgan fingerprint density at radius 3 is 2.38 bits per heavy atom. The lowest BCUT2D eigenvalue weighted by Gasteiger charge is -2.11. The molecule has 0 aliphatic rings. The molecule has 0 heterocycles. The van der Waals surface area contributed by atoms with Crippen LogP contribution in [0, 0.1) is 0 Å². The van der Waals surface area contributed by atoms with Gasteiger partial charge in [-0.2, -0.15) is 0 Å². The lowest BCUT2D eigenvalue weighted by atomic mass is 10.2. The van der Waals surface area contributed by atoms with Gasteiger partial charge in [-0.05, 0) is 25.2 Å². The average Bonchev–Trinajstić information content (AvgIpc) is 2.40. The molecule has 1 aromatic carbocycles. The number of rotatable bonds is 8. The van der Waals surface area contributed by atoms with Crippen LogP contribution in [0.3, 0.4) is 0 Å². The molecule has 0 saturated heterocycles. The first-order valence-corrected chi connectivity index (χ1v) is 9.39. The summed E-state index contributed by atoms with van der Waals surface area (Å²) >= 11 is 0. The van der Waals surface area contributed by atoms with Gasteiger partial charge in [-0.25, -0.2) is 26.3 Å². The Balaban J connectivity index is 2.75. The van der Waals surface area contributed by atoms with E-state index in [1.807, 2.05) is 0 Å². The molecule has 0 radical (unpaired) electrons. The van der Waals surface area contributed by atoms with Crippen molar-refractivity contribution in [3.63, 3.8) is 0 Å². The Hall–Kier alpha value is -1.36. The van der Waals surface area contributed by atoms with Gasteiger partial charge in [0.15, 0.2) is 0 Å². The molecule has 0 amide bonds. The first kappa shape index (κ1) is 17.7. The molecular formula is C11H20N4O4S2. The number of hydrogen-bond donors (Lipinski definition) is 4. The lowest BCUT2D eigenvalue weighted by molar-refractivity contribution is 0.584. The second-order valence-electron chi connectivity index (χ2n) is 4.20. The van der Waals surface area contributed by atoms with Crippen LogP contribution in [0.25, 0.3) is 0 Å². The highest BCUT2D eigenvalue weighted by molar-refractivity contribution is 7.89. The van der Waals surface area contributed by atoms with Crippen molar-refractivity contribution >= 4 is 31.4 Å². The molecule has 0 saturated carbocycles. The number of benzene rings is 1. The van der Waals surface area contributed by atoms with Crippen molar-refractivity contribution in [2.24, 2.45) is 0 Å². The van der Waals surface area contributed by atoms with Crippen molar-refractivity contribution in [1.82, 2.24) is 9.44 Å². The highest BCUT2D eigenvalue weighted by Crippen LogP contribution is 2.22. The number of nitrogens with one attached hydrogen (secondary N) is 3. The van der Waals surface area contributed by atoms with Crippen LogP contribution < -0.4 is 20.5 Å². The molecular weight excluding hydrogens is 316 g/mol. The van der Waals surface area contributed by atoms with Crippen LogP contribution in [-0.4, -0.2) is 42.7 Å². The van der Waals surface area contributed by atoms with E-state index in [-0.39, 0.29) is 22.9 Å². The van der Waals surface area contributed by atoms with Crippen LogP contribution in [0.5, 0.6) is 0 Å². The predicted molar refractivity (Wildman–Crippen MR) is 83.1 cm³/mol. The van der Waals surface area contributed by atoms with Gasteiger partial charge < -0.3 is 11.1 Å². The van der Waals surface area contributed by atoms with Gasteiger partial charge >= 0.3 is 0 Å². The Morgan fingerprint density at radius 1 is 1.19 bits per heavy atom. The number of nitrogen functional groups attached to an aromatic ring is 1. The maximum absolute atomic E-state index is 11.6. The molecule has 0 aliphatic heterocycles. The van der Waals surface area contributed by atoms with Gasteiger partial charge in [0.1, 0.15) is 0 Å². The van der Waals surface area contributed by atoms with Crippen LogP contribution in [0.2, 0.25) is 0 Å². The van der Waals surface area contributed by atoms with Crippen LogP contribution in [0.15, 0.2) is 23.1 Å². The Morgan fingerprint density at radius 2 is 1.86 bits per heavy atom. The summed E-state index contributed by atoms with van der Waals surface area (Å²) in [6, 6.07) is 4.20. The molecule has 0 unspecified atom stereocenters. The first-order chi connectivity index (χ1) is 9.72. The summed E-state index contributed by atoms with van der Waals surface area (Å²) in [6.07, 6.45) is 0. The third-order valence-electron chi connectivity index (χ3n) is 2.65. The molecule has 1 aromatic rings. The smallest absolute Gasteiger partial charge is 0.240 e. The van der Waals surface area contributed by atoms with Gasteiger partial charge in [0.05, 0.1) is 22.0 Å². The van der Waals surface area contributed by atoms with Crippen LogP contribution in [0.1, 0.15) is 6.92 Å². The summed E-state index contributed by atoms with van der Waals surface area (Å²) in [5.74, 6) is -0.100. The van der Waals surface area contributed by atoms with E-state index in [1.165, 1.54) is 25.2 Å². The SMILES string of the molecule is CCNS(=O)(=O)CCNc1ccc(S(=O)(=O)NC)cc1N. The molecule has 10 heteroatoms. The Labute approximate surface area is 125 Å². The summed E-state index contributed by atoms with van der Waals surface area (Å²) in [6.45, 7) is 2.20. The van der Waals surface area contributed by atoms with E-state index in [0.717, 1.165) is 0 Å². The van der Waals surface area contributed by atoms with Crippen molar-refractivity contribution in [3.05, 3.63) is 18.2 Å². The van der Waals surface area contributed by atoms with Crippen LogP contribution in [-0.2, 0) is 20.0 Å².